The van der Waals surface area contributed by atoms with Crippen molar-refractivity contribution in [3.8, 4) is 0 Å². The lowest BCUT2D eigenvalue weighted by Crippen LogP contribution is -2.37. The first-order valence-corrected chi connectivity index (χ1v) is 5.70. The summed E-state index contributed by atoms with van der Waals surface area (Å²) in [6, 6.07) is 9.59. The van der Waals surface area contributed by atoms with E-state index >= 15 is 0 Å². The van der Waals surface area contributed by atoms with Gasteiger partial charge in [-0.2, -0.15) is 0 Å². The Morgan fingerprint density at radius 1 is 0.944 bits per heavy atom. The molecule has 0 bridgehead atoms. The molecule has 0 spiro atoms. The first-order chi connectivity index (χ1) is 8.74. The van der Waals surface area contributed by atoms with E-state index in [0.717, 1.165) is 5.56 Å². The maximum atomic E-state index is 11.4. The molecule has 5 heteroatoms. The summed E-state index contributed by atoms with van der Waals surface area (Å²) >= 11 is 0. The summed E-state index contributed by atoms with van der Waals surface area (Å²) in [5, 5.41) is 14.4. The van der Waals surface area contributed by atoms with Crippen LogP contribution in [0.3, 0.4) is 0 Å². The summed E-state index contributed by atoms with van der Waals surface area (Å²) in [7, 11) is 0. The van der Waals surface area contributed by atoms with Gasteiger partial charge in [-0.15, -0.1) is 0 Å². The van der Waals surface area contributed by atoms with Gasteiger partial charge in [-0.3, -0.25) is 9.59 Å². The number of hydrogen-bond donors (Lipinski definition) is 3. The predicted octanol–water partition coefficient (Wildman–Crippen LogP) is 0.299. The Labute approximate surface area is 104 Å². The minimum Gasteiger partial charge on any atom is -0.395 e. The van der Waals surface area contributed by atoms with E-state index in [1.165, 1.54) is 0 Å². The Kier molecular flexibility index (Phi) is 3.74. The van der Waals surface area contributed by atoms with Crippen LogP contribution in [0, 0.1) is 0 Å². The lowest BCUT2D eigenvalue weighted by molar-refractivity contribution is 0.311. The molecule has 0 aliphatic heterocycles. The second-order valence-electron chi connectivity index (χ2n) is 3.90. The van der Waals surface area contributed by atoms with Gasteiger partial charge >= 0.3 is 0 Å². The molecule has 0 unspecified atom stereocenters. The second-order valence-corrected chi connectivity index (χ2v) is 3.90. The molecule has 0 fully saturated rings. The molecule has 0 aliphatic carbocycles. The van der Waals surface area contributed by atoms with Crippen LogP contribution in [0.5, 0.6) is 0 Å². The number of benzene rings is 1. The van der Waals surface area contributed by atoms with Crippen LogP contribution in [-0.2, 0) is 6.54 Å². The van der Waals surface area contributed by atoms with Gasteiger partial charge in [0.05, 0.1) is 6.61 Å². The molecule has 2 aromatic carbocycles. The predicted molar refractivity (Wildman–Crippen MR) is 70.7 cm³/mol. The summed E-state index contributed by atoms with van der Waals surface area (Å²) in [6.45, 7) is 0.654. The van der Waals surface area contributed by atoms with E-state index in [1.807, 2.05) is 30.3 Å². The number of aliphatic hydroxyl groups excluding tert-OH is 1. The van der Waals surface area contributed by atoms with Gasteiger partial charge in [0.15, 0.2) is 0 Å². The molecule has 94 valence electrons. The van der Waals surface area contributed by atoms with Gasteiger partial charge in [0.25, 0.3) is 10.9 Å². The fraction of sp³-hybridized carbons (Fsp3) is 0.231. The van der Waals surface area contributed by atoms with Gasteiger partial charge < -0.3 is 15.7 Å². The van der Waals surface area contributed by atoms with Crippen molar-refractivity contribution in [3.63, 3.8) is 0 Å². The van der Waals surface area contributed by atoms with Crippen molar-refractivity contribution >= 4 is 11.4 Å². The SMILES string of the molecule is O=c1c(NCCO)c(NCc2ccccc2)c1=O. The summed E-state index contributed by atoms with van der Waals surface area (Å²) in [6.07, 6.45) is 0. The Morgan fingerprint density at radius 2 is 1.56 bits per heavy atom. The molecule has 5 nitrogen and oxygen atoms in total. The topological polar surface area (TPSA) is 78.4 Å². The average Bonchev–Trinajstić information content (AvgIpc) is 2.42. The maximum Gasteiger partial charge on any atom is 0.253 e. The summed E-state index contributed by atoms with van der Waals surface area (Å²) < 4.78 is 0. The Hall–Kier alpha value is -2.14. The highest BCUT2D eigenvalue weighted by Crippen LogP contribution is 2.15. The van der Waals surface area contributed by atoms with E-state index in [9.17, 15) is 9.59 Å². The smallest absolute Gasteiger partial charge is 0.253 e. The normalized spacial score (nSPS) is 10.5. The largest absolute Gasteiger partial charge is 0.395 e. The highest BCUT2D eigenvalue weighted by atomic mass is 16.3. The van der Waals surface area contributed by atoms with E-state index in [4.69, 9.17) is 5.11 Å². The van der Waals surface area contributed by atoms with Crippen molar-refractivity contribution in [2.75, 3.05) is 23.8 Å². The van der Waals surface area contributed by atoms with E-state index in [1.54, 1.807) is 0 Å². The Morgan fingerprint density at radius 3 is 2.17 bits per heavy atom. The molecular weight excluding hydrogens is 232 g/mol. The molecule has 0 saturated heterocycles. The van der Waals surface area contributed by atoms with E-state index in [2.05, 4.69) is 10.6 Å². The Bertz CT molecular complexity index is 586. The summed E-state index contributed by atoms with van der Waals surface area (Å²) in [4.78, 5) is 22.7. The van der Waals surface area contributed by atoms with E-state index < -0.39 is 10.9 Å². The zero-order valence-corrected chi connectivity index (χ0v) is 9.77. The molecule has 0 aromatic heterocycles. The number of nitrogens with one attached hydrogen (secondary N) is 2. The number of rotatable bonds is 6. The van der Waals surface area contributed by atoms with Crippen molar-refractivity contribution in [2.45, 2.75) is 6.54 Å². The van der Waals surface area contributed by atoms with Gasteiger partial charge in [0, 0.05) is 13.1 Å². The van der Waals surface area contributed by atoms with Crippen LogP contribution in [0.25, 0.3) is 0 Å². The molecule has 2 aromatic rings. The molecule has 18 heavy (non-hydrogen) atoms. The van der Waals surface area contributed by atoms with Gasteiger partial charge in [0.1, 0.15) is 11.4 Å². The molecule has 0 saturated carbocycles. The molecular formula is C13H14N2O3. The summed E-state index contributed by atoms with van der Waals surface area (Å²) in [5.74, 6) is 0. The van der Waals surface area contributed by atoms with Crippen LogP contribution in [0.4, 0.5) is 11.4 Å². The Balaban J connectivity index is 2.04. The average molecular weight is 246 g/mol. The highest BCUT2D eigenvalue weighted by molar-refractivity contribution is 5.73. The lowest BCUT2D eigenvalue weighted by Gasteiger charge is -2.14. The third kappa shape index (κ3) is 2.41. The minimum atomic E-state index is -0.529. The van der Waals surface area contributed by atoms with Crippen LogP contribution in [-0.4, -0.2) is 18.3 Å². The fourth-order valence-electron chi connectivity index (χ4n) is 1.70. The second kappa shape index (κ2) is 5.46. The van der Waals surface area contributed by atoms with Crippen molar-refractivity contribution in [2.24, 2.45) is 0 Å². The van der Waals surface area contributed by atoms with Gasteiger partial charge in [0.2, 0.25) is 0 Å². The quantitative estimate of drug-likeness (QED) is 0.639. The first kappa shape index (κ1) is 12.3. The van der Waals surface area contributed by atoms with Gasteiger partial charge in [-0.05, 0) is 5.56 Å². The molecule has 0 amide bonds. The van der Waals surface area contributed by atoms with Crippen LogP contribution in [0.1, 0.15) is 5.56 Å². The van der Waals surface area contributed by atoms with E-state index in [0.29, 0.717) is 12.2 Å². The molecule has 0 atom stereocenters. The van der Waals surface area contributed by atoms with Crippen LogP contribution >= 0.6 is 0 Å². The van der Waals surface area contributed by atoms with Crippen molar-refractivity contribution in [1.82, 2.24) is 0 Å². The highest BCUT2D eigenvalue weighted by Gasteiger charge is 2.19. The fourth-order valence-corrected chi connectivity index (χ4v) is 1.70. The molecule has 0 heterocycles. The molecule has 0 aliphatic rings. The third-order valence-electron chi connectivity index (χ3n) is 2.64. The monoisotopic (exact) mass is 246 g/mol. The van der Waals surface area contributed by atoms with Crippen LogP contribution < -0.4 is 21.5 Å². The zero-order chi connectivity index (χ0) is 13.0. The summed E-state index contributed by atoms with van der Waals surface area (Å²) in [5.41, 5.74) is 0.561. The van der Waals surface area contributed by atoms with Crippen molar-refractivity contribution < 1.29 is 5.11 Å². The van der Waals surface area contributed by atoms with E-state index in [-0.39, 0.29) is 18.8 Å². The molecule has 2 rings (SSSR count). The first-order valence-electron chi connectivity index (χ1n) is 5.70. The third-order valence-corrected chi connectivity index (χ3v) is 2.64. The maximum absolute atomic E-state index is 11.4. The minimum absolute atomic E-state index is 0.0864. The van der Waals surface area contributed by atoms with Crippen LogP contribution in [0.2, 0.25) is 0 Å². The van der Waals surface area contributed by atoms with Crippen molar-refractivity contribution in [1.29, 1.82) is 0 Å². The van der Waals surface area contributed by atoms with Crippen molar-refractivity contribution in [3.05, 3.63) is 56.3 Å². The zero-order valence-electron chi connectivity index (χ0n) is 9.77. The van der Waals surface area contributed by atoms with Gasteiger partial charge in [-0.1, -0.05) is 30.3 Å². The molecule has 0 radical (unpaired) electrons. The standard InChI is InChI=1S/C13H14N2O3/c16-7-6-14-10-11(13(18)12(10)17)15-8-9-4-2-1-3-5-9/h1-5,14-16H,6-8H2. The van der Waals surface area contributed by atoms with Crippen LogP contribution in [0.15, 0.2) is 39.9 Å². The molecule has 3 N–H and O–H groups in total. The lowest BCUT2D eigenvalue weighted by atomic mass is 10.1. The number of hydrogen-bond acceptors (Lipinski definition) is 5. The number of anilines is 2. The number of aliphatic hydroxyl groups is 1. The van der Waals surface area contributed by atoms with Gasteiger partial charge in [-0.25, -0.2) is 0 Å².